The van der Waals surface area contributed by atoms with Crippen molar-refractivity contribution in [1.29, 1.82) is 0 Å². The van der Waals surface area contributed by atoms with Crippen molar-refractivity contribution in [1.82, 2.24) is 0 Å². The molecule has 1 atom stereocenters. The average Bonchev–Trinajstić information content (AvgIpc) is 2.50. The van der Waals surface area contributed by atoms with Gasteiger partial charge in [0, 0.05) is 13.0 Å². The molecule has 0 spiro atoms. The maximum atomic E-state index is 12.1. The lowest BCUT2D eigenvalue weighted by molar-refractivity contribution is -0.119. The number of ether oxygens (including phenoxy) is 1. The van der Waals surface area contributed by atoms with Crippen LogP contribution in [0, 0.1) is 0 Å². The number of methoxy groups -OCH3 is 1. The number of carbonyl (C=O) groups is 2. The maximum Gasteiger partial charge on any atom is 0.185 e. The van der Waals surface area contributed by atoms with Crippen LogP contribution in [0.15, 0.2) is 23.2 Å². The summed E-state index contributed by atoms with van der Waals surface area (Å²) < 4.78 is 5.14. The molecule has 0 saturated heterocycles. The smallest absolute Gasteiger partial charge is 0.185 e. The molecule has 0 amide bonds. The van der Waals surface area contributed by atoms with Crippen molar-refractivity contribution in [3.63, 3.8) is 0 Å². The van der Waals surface area contributed by atoms with Crippen molar-refractivity contribution in [2.75, 3.05) is 13.7 Å². The summed E-state index contributed by atoms with van der Waals surface area (Å²) in [7, 11) is 1.50. The Labute approximate surface area is 135 Å². The van der Waals surface area contributed by atoms with Gasteiger partial charge in [0.15, 0.2) is 17.5 Å². The van der Waals surface area contributed by atoms with Gasteiger partial charge in [-0.15, -0.1) is 0 Å². The Morgan fingerprint density at radius 3 is 2.57 bits per heavy atom. The quantitative estimate of drug-likeness (QED) is 0.261. The fraction of sp³-hybridized carbons (Fsp3) is 0.438. The highest BCUT2D eigenvalue weighted by atomic mass is 16.5. The summed E-state index contributed by atoms with van der Waals surface area (Å²) in [6.07, 6.45) is 1.31. The standard InChI is InChI=1S/C16H24N4O3/c1-10(21)12-8-11(5-6-15(12)23-2)9-14(22)13(17)4-3-7-20-16(18)19/h5-6,8,13H,3-4,7,9,17H2,1-2H3,(H4,18,19,20)/t13-/m1/s1. The number of hydrogen-bond donors (Lipinski definition) is 3. The van der Waals surface area contributed by atoms with E-state index in [1.54, 1.807) is 18.2 Å². The van der Waals surface area contributed by atoms with Gasteiger partial charge in [0.05, 0.1) is 18.7 Å². The summed E-state index contributed by atoms with van der Waals surface area (Å²) in [4.78, 5) is 27.6. The van der Waals surface area contributed by atoms with Gasteiger partial charge >= 0.3 is 0 Å². The van der Waals surface area contributed by atoms with Crippen LogP contribution in [0.25, 0.3) is 0 Å². The predicted octanol–water partition coefficient (Wildman–Crippen LogP) is 0.390. The molecule has 0 aliphatic heterocycles. The molecule has 0 aliphatic carbocycles. The molecule has 0 heterocycles. The van der Waals surface area contributed by atoms with E-state index >= 15 is 0 Å². The van der Waals surface area contributed by atoms with Crippen molar-refractivity contribution < 1.29 is 14.3 Å². The SMILES string of the molecule is COc1ccc(CC(=O)[C@H](N)CCCN=C(N)N)cc1C(C)=O. The third-order valence-corrected chi connectivity index (χ3v) is 3.40. The Morgan fingerprint density at radius 2 is 2.00 bits per heavy atom. The van der Waals surface area contributed by atoms with Gasteiger partial charge in [-0.3, -0.25) is 14.6 Å². The van der Waals surface area contributed by atoms with E-state index in [0.29, 0.717) is 30.7 Å². The number of ketones is 2. The van der Waals surface area contributed by atoms with Crippen LogP contribution >= 0.6 is 0 Å². The molecule has 6 N–H and O–H groups in total. The van der Waals surface area contributed by atoms with Crippen LogP contribution in [-0.2, 0) is 11.2 Å². The lowest BCUT2D eigenvalue weighted by Crippen LogP contribution is -2.32. The van der Waals surface area contributed by atoms with Crippen molar-refractivity contribution in [2.24, 2.45) is 22.2 Å². The Kier molecular flexibility index (Phi) is 7.21. The summed E-state index contributed by atoms with van der Waals surface area (Å²) in [5.74, 6) is 0.321. The van der Waals surface area contributed by atoms with Crippen LogP contribution in [0.4, 0.5) is 0 Å². The first-order chi connectivity index (χ1) is 10.8. The highest BCUT2D eigenvalue weighted by Gasteiger charge is 2.15. The van der Waals surface area contributed by atoms with E-state index in [9.17, 15) is 9.59 Å². The second-order valence-corrected chi connectivity index (χ2v) is 5.29. The summed E-state index contributed by atoms with van der Waals surface area (Å²) in [5.41, 5.74) is 17.5. The second-order valence-electron chi connectivity index (χ2n) is 5.29. The van der Waals surface area contributed by atoms with E-state index in [0.717, 1.165) is 5.56 Å². The molecule has 1 aromatic rings. The normalized spacial score (nSPS) is 11.6. The molecule has 23 heavy (non-hydrogen) atoms. The lowest BCUT2D eigenvalue weighted by Gasteiger charge is -2.12. The number of rotatable bonds is 9. The molecule has 0 aliphatic rings. The molecule has 1 rings (SSSR count). The number of Topliss-reactive ketones (excluding diaryl/α,β-unsaturated/α-hetero) is 2. The Bertz CT molecular complexity index is 595. The highest BCUT2D eigenvalue weighted by molar-refractivity contribution is 5.97. The Hall–Kier alpha value is -2.41. The monoisotopic (exact) mass is 320 g/mol. The maximum absolute atomic E-state index is 12.1. The van der Waals surface area contributed by atoms with E-state index < -0.39 is 6.04 Å². The minimum atomic E-state index is -0.577. The van der Waals surface area contributed by atoms with E-state index in [2.05, 4.69) is 4.99 Å². The van der Waals surface area contributed by atoms with Gasteiger partial charge in [0.2, 0.25) is 0 Å². The first kappa shape index (κ1) is 18.6. The average molecular weight is 320 g/mol. The summed E-state index contributed by atoms with van der Waals surface area (Å²) >= 11 is 0. The van der Waals surface area contributed by atoms with Crippen LogP contribution in [-0.4, -0.2) is 37.2 Å². The van der Waals surface area contributed by atoms with Gasteiger partial charge in [-0.25, -0.2) is 0 Å². The van der Waals surface area contributed by atoms with Crippen LogP contribution < -0.4 is 21.9 Å². The molecule has 1 aromatic carbocycles. The summed E-state index contributed by atoms with van der Waals surface area (Å²) in [6.45, 7) is 1.90. The topological polar surface area (TPSA) is 134 Å². The number of nitrogens with zero attached hydrogens (tertiary/aromatic N) is 1. The van der Waals surface area contributed by atoms with E-state index in [-0.39, 0.29) is 23.9 Å². The van der Waals surface area contributed by atoms with E-state index in [4.69, 9.17) is 21.9 Å². The molecule has 0 fully saturated rings. The van der Waals surface area contributed by atoms with Gasteiger partial charge in [0.25, 0.3) is 0 Å². The van der Waals surface area contributed by atoms with Crippen LogP contribution in [0.5, 0.6) is 5.75 Å². The largest absolute Gasteiger partial charge is 0.496 e. The third-order valence-electron chi connectivity index (χ3n) is 3.40. The summed E-state index contributed by atoms with van der Waals surface area (Å²) in [6, 6.07) is 4.54. The molecular formula is C16H24N4O3. The molecular weight excluding hydrogens is 296 g/mol. The number of nitrogens with two attached hydrogens (primary N) is 3. The minimum Gasteiger partial charge on any atom is -0.496 e. The fourth-order valence-corrected chi connectivity index (χ4v) is 2.15. The van der Waals surface area contributed by atoms with Crippen LogP contribution in [0.1, 0.15) is 35.7 Å². The third kappa shape index (κ3) is 6.07. The number of guanidine groups is 1. The zero-order valence-corrected chi connectivity index (χ0v) is 13.5. The number of hydrogen-bond acceptors (Lipinski definition) is 5. The van der Waals surface area contributed by atoms with E-state index in [1.807, 2.05) is 0 Å². The van der Waals surface area contributed by atoms with Gasteiger partial charge in [0.1, 0.15) is 5.75 Å². The molecule has 0 aromatic heterocycles. The number of aliphatic imine (C=N–C) groups is 1. The van der Waals surface area contributed by atoms with Crippen molar-refractivity contribution in [3.05, 3.63) is 29.3 Å². The second kappa shape index (κ2) is 8.89. The van der Waals surface area contributed by atoms with Gasteiger partial charge in [-0.1, -0.05) is 6.07 Å². The zero-order chi connectivity index (χ0) is 17.4. The van der Waals surface area contributed by atoms with Gasteiger partial charge in [-0.05, 0) is 37.5 Å². The number of benzene rings is 1. The minimum absolute atomic E-state index is 0.0277. The first-order valence-corrected chi connectivity index (χ1v) is 7.36. The predicted molar refractivity (Wildman–Crippen MR) is 89.6 cm³/mol. The fourth-order valence-electron chi connectivity index (χ4n) is 2.15. The first-order valence-electron chi connectivity index (χ1n) is 7.36. The van der Waals surface area contributed by atoms with Crippen molar-refractivity contribution in [2.45, 2.75) is 32.2 Å². The molecule has 7 heteroatoms. The molecule has 126 valence electrons. The van der Waals surface area contributed by atoms with Gasteiger partial charge in [-0.2, -0.15) is 0 Å². The molecule has 0 bridgehead atoms. The molecule has 0 radical (unpaired) electrons. The van der Waals surface area contributed by atoms with Crippen molar-refractivity contribution in [3.8, 4) is 5.75 Å². The number of carbonyl (C=O) groups excluding carboxylic acids is 2. The molecule has 0 unspecified atom stereocenters. The van der Waals surface area contributed by atoms with Crippen molar-refractivity contribution >= 4 is 17.5 Å². The Balaban J connectivity index is 2.64. The Morgan fingerprint density at radius 1 is 1.30 bits per heavy atom. The lowest BCUT2D eigenvalue weighted by atomic mass is 9.98. The molecule has 0 saturated carbocycles. The van der Waals surface area contributed by atoms with Gasteiger partial charge < -0.3 is 21.9 Å². The summed E-state index contributed by atoms with van der Waals surface area (Å²) in [5, 5.41) is 0. The highest BCUT2D eigenvalue weighted by Crippen LogP contribution is 2.21. The molecule has 7 nitrogen and oxygen atoms in total. The van der Waals surface area contributed by atoms with E-state index in [1.165, 1.54) is 14.0 Å². The zero-order valence-electron chi connectivity index (χ0n) is 13.5. The van der Waals surface area contributed by atoms with Crippen LogP contribution in [0.3, 0.4) is 0 Å². The van der Waals surface area contributed by atoms with Crippen LogP contribution in [0.2, 0.25) is 0 Å².